The van der Waals surface area contributed by atoms with Crippen molar-refractivity contribution in [3.63, 3.8) is 0 Å². The molecule has 0 heterocycles. The lowest BCUT2D eigenvalue weighted by Gasteiger charge is -2.62. The van der Waals surface area contributed by atoms with Gasteiger partial charge in [-0.05, 0) is 75.5 Å². The first-order valence-corrected chi connectivity index (χ1v) is 10.3. The molecule has 26 heavy (non-hydrogen) atoms. The Kier molecular flexibility index (Phi) is 6.57. The lowest BCUT2D eigenvalue weighted by molar-refractivity contribution is -0.147. The van der Waals surface area contributed by atoms with Gasteiger partial charge in [-0.2, -0.15) is 0 Å². The molecule has 2 N–H and O–H groups in total. The molecule has 3 aliphatic carbocycles. The normalized spacial score (nSPS) is 30.0. The van der Waals surface area contributed by atoms with Crippen LogP contribution in [0.25, 0.3) is 0 Å². The SMILES string of the molecule is CCCC(=O)NC1[C@@H](C/C=C\CCC(C)(C)C(=O)O)C[C@@H]2C[C@H]1C2(C)C. The number of fused-ring (bicyclic) bond motifs is 2. The number of carbonyl (C=O) groups excluding carboxylic acids is 1. The molecule has 1 unspecified atom stereocenters. The first kappa shape index (κ1) is 21.0. The zero-order valence-corrected chi connectivity index (χ0v) is 17.2. The summed E-state index contributed by atoms with van der Waals surface area (Å²) in [5.74, 6) is 1.33. The minimum atomic E-state index is -0.737. The van der Waals surface area contributed by atoms with Gasteiger partial charge in [0.1, 0.15) is 0 Å². The van der Waals surface area contributed by atoms with Crippen LogP contribution in [0.4, 0.5) is 0 Å². The molecule has 4 atom stereocenters. The van der Waals surface area contributed by atoms with Gasteiger partial charge in [0.2, 0.25) is 5.91 Å². The van der Waals surface area contributed by atoms with Crippen LogP contribution in [0.2, 0.25) is 0 Å². The summed E-state index contributed by atoms with van der Waals surface area (Å²) in [6.45, 7) is 10.3. The van der Waals surface area contributed by atoms with Crippen LogP contribution in [0.1, 0.15) is 79.6 Å². The Morgan fingerprint density at radius 1 is 1.23 bits per heavy atom. The Morgan fingerprint density at radius 2 is 1.92 bits per heavy atom. The summed E-state index contributed by atoms with van der Waals surface area (Å²) in [5.41, 5.74) is -0.326. The van der Waals surface area contributed by atoms with E-state index in [4.69, 9.17) is 0 Å². The smallest absolute Gasteiger partial charge is 0.309 e. The highest BCUT2D eigenvalue weighted by Crippen LogP contribution is 2.61. The summed E-state index contributed by atoms with van der Waals surface area (Å²) in [6.07, 6.45) is 10.7. The van der Waals surface area contributed by atoms with E-state index in [1.807, 2.05) is 6.92 Å². The van der Waals surface area contributed by atoms with Crippen molar-refractivity contribution >= 4 is 11.9 Å². The second-order valence-corrected chi connectivity index (χ2v) is 9.63. The fraction of sp³-hybridized carbons (Fsp3) is 0.818. The molecule has 4 heteroatoms. The van der Waals surface area contributed by atoms with Gasteiger partial charge in [-0.1, -0.05) is 32.9 Å². The topological polar surface area (TPSA) is 66.4 Å². The van der Waals surface area contributed by atoms with Crippen molar-refractivity contribution in [3.05, 3.63) is 12.2 Å². The first-order chi connectivity index (χ1) is 12.1. The van der Waals surface area contributed by atoms with Crippen LogP contribution in [-0.2, 0) is 9.59 Å². The number of hydrogen-bond acceptors (Lipinski definition) is 2. The zero-order valence-electron chi connectivity index (χ0n) is 17.2. The van der Waals surface area contributed by atoms with E-state index >= 15 is 0 Å². The quantitative estimate of drug-likeness (QED) is 0.579. The molecule has 3 saturated carbocycles. The Balaban J connectivity index is 1.91. The first-order valence-electron chi connectivity index (χ1n) is 10.3. The maximum absolute atomic E-state index is 12.2. The van der Waals surface area contributed by atoms with Crippen LogP contribution >= 0.6 is 0 Å². The number of hydrogen-bond donors (Lipinski definition) is 2. The molecule has 0 aromatic rings. The Morgan fingerprint density at radius 3 is 2.50 bits per heavy atom. The number of nitrogens with one attached hydrogen (secondary N) is 1. The van der Waals surface area contributed by atoms with Gasteiger partial charge >= 0.3 is 5.97 Å². The minimum Gasteiger partial charge on any atom is -0.481 e. The average molecular weight is 364 g/mol. The Labute approximate surface area is 158 Å². The van der Waals surface area contributed by atoms with E-state index in [2.05, 4.69) is 31.3 Å². The van der Waals surface area contributed by atoms with Crippen molar-refractivity contribution in [2.45, 2.75) is 85.6 Å². The molecule has 0 radical (unpaired) electrons. The van der Waals surface area contributed by atoms with E-state index in [0.717, 1.165) is 25.2 Å². The fourth-order valence-electron chi connectivity index (χ4n) is 4.79. The van der Waals surface area contributed by atoms with Crippen LogP contribution in [0.15, 0.2) is 12.2 Å². The molecule has 0 saturated heterocycles. The molecule has 0 aliphatic heterocycles. The largest absolute Gasteiger partial charge is 0.481 e. The third-order valence-electron chi connectivity index (χ3n) is 7.00. The summed E-state index contributed by atoms with van der Waals surface area (Å²) in [6, 6.07) is 0.286. The standard InChI is InChI=1S/C22H37NO3/c1-6-10-18(24)23-19-15(13-16-14-17(19)22(16,4)5)11-8-7-9-12-21(2,3)20(25)26/h7-8,15-17,19H,6,9-14H2,1-5H3,(H,23,24)(H,25,26)/b8-7-/t15-,16+,17+,19?/m0/s1. The van der Waals surface area contributed by atoms with Gasteiger partial charge in [-0.3, -0.25) is 9.59 Å². The van der Waals surface area contributed by atoms with Gasteiger partial charge < -0.3 is 10.4 Å². The van der Waals surface area contributed by atoms with Crippen LogP contribution in [0.5, 0.6) is 0 Å². The number of carboxylic acid groups (broad SMARTS) is 1. The highest BCUT2D eigenvalue weighted by Gasteiger charge is 2.57. The highest BCUT2D eigenvalue weighted by molar-refractivity contribution is 5.76. The Bertz CT molecular complexity index is 550. The van der Waals surface area contributed by atoms with Gasteiger partial charge in [-0.15, -0.1) is 0 Å². The van der Waals surface area contributed by atoms with E-state index in [0.29, 0.717) is 30.1 Å². The summed E-state index contributed by atoms with van der Waals surface area (Å²) < 4.78 is 0. The van der Waals surface area contributed by atoms with Gasteiger partial charge in [0, 0.05) is 12.5 Å². The maximum Gasteiger partial charge on any atom is 0.309 e. The molecule has 3 aliphatic rings. The summed E-state index contributed by atoms with van der Waals surface area (Å²) in [7, 11) is 0. The molecule has 0 spiro atoms. The third kappa shape index (κ3) is 4.50. The fourth-order valence-corrected chi connectivity index (χ4v) is 4.79. The monoisotopic (exact) mass is 363 g/mol. The van der Waals surface area contributed by atoms with Crippen molar-refractivity contribution < 1.29 is 14.7 Å². The lowest BCUT2D eigenvalue weighted by atomic mass is 9.44. The van der Waals surface area contributed by atoms with Crippen molar-refractivity contribution in [1.29, 1.82) is 0 Å². The van der Waals surface area contributed by atoms with Gasteiger partial charge in [0.05, 0.1) is 5.41 Å². The molecule has 0 aromatic heterocycles. The molecule has 148 valence electrons. The van der Waals surface area contributed by atoms with Crippen molar-refractivity contribution in [2.24, 2.45) is 28.6 Å². The van der Waals surface area contributed by atoms with Crippen LogP contribution < -0.4 is 5.32 Å². The number of carboxylic acids is 1. The van der Waals surface area contributed by atoms with Crippen molar-refractivity contribution in [3.8, 4) is 0 Å². The lowest BCUT2D eigenvalue weighted by Crippen LogP contribution is -2.63. The number of allylic oxidation sites excluding steroid dienone is 2. The predicted molar refractivity (Wildman–Crippen MR) is 105 cm³/mol. The Hall–Kier alpha value is -1.32. The number of amides is 1. The summed E-state index contributed by atoms with van der Waals surface area (Å²) >= 11 is 0. The van der Waals surface area contributed by atoms with E-state index in [-0.39, 0.29) is 11.9 Å². The summed E-state index contributed by atoms with van der Waals surface area (Å²) in [5, 5.41) is 12.5. The predicted octanol–water partition coefficient (Wildman–Crippen LogP) is 4.79. The van der Waals surface area contributed by atoms with E-state index in [1.165, 1.54) is 12.8 Å². The second kappa shape index (κ2) is 8.14. The number of rotatable bonds is 9. The van der Waals surface area contributed by atoms with Crippen LogP contribution in [0, 0.1) is 28.6 Å². The molecule has 3 fully saturated rings. The van der Waals surface area contributed by atoms with Gasteiger partial charge in [0.25, 0.3) is 0 Å². The van der Waals surface area contributed by atoms with E-state index in [1.54, 1.807) is 13.8 Å². The van der Waals surface area contributed by atoms with Gasteiger partial charge in [0.15, 0.2) is 0 Å². The van der Waals surface area contributed by atoms with Crippen LogP contribution in [0.3, 0.4) is 0 Å². The summed E-state index contributed by atoms with van der Waals surface area (Å²) in [4.78, 5) is 23.4. The molecule has 2 bridgehead atoms. The number of carbonyl (C=O) groups is 2. The second-order valence-electron chi connectivity index (χ2n) is 9.63. The molecule has 4 nitrogen and oxygen atoms in total. The molecule has 0 aromatic carbocycles. The molecule has 1 amide bonds. The zero-order chi connectivity index (χ0) is 19.5. The number of aliphatic carboxylic acids is 1. The molecular formula is C22H37NO3. The van der Waals surface area contributed by atoms with Gasteiger partial charge in [-0.25, -0.2) is 0 Å². The van der Waals surface area contributed by atoms with E-state index < -0.39 is 11.4 Å². The minimum absolute atomic E-state index is 0.191. The van der Waals surface area contributed by atoms with Crippen molar-refractivity contribution in [2.75, 3.05) is 0 Å². The maximum atomic E-state index is 12.2. The van der Waals surface area contributed by atoms with Crippen molar-refractivity contribution in [1.82, 2.24) is 5.32 Å². The van der Waals surface area contributed by atoms with E-state index in [9.17, 15) is 14.7 Å². The molecular weight excluding hydrogens is 326 g/mol. The average Bonchev–Trinajstić information content (AvgIpc) is 2.55. The molecule has 3 rings (SSSR count). The third-order valence-corrected chi connectivity index (χ3v) is 7.00. The highest BCUT2D eigenvalue weighted by atomic mass is 16.4. The van der Waals surface area contributed by atoms with Crippen LogP contribution in [-0.4, -0.2) is 23.0 Å².